The minimum absolute atomic E-state index is 0.0470. The van der Waals surface area contributed by atoms with E-state index in [1.165, 1.54) is 0 Å². The highest BCUT2D eigenvalue weighted by molar-refractivity contribution is 7.89. The van der Waals surface area contributed by atoms with Crippen LogP contribution in [0.5, 0.6) is 0 Å². The number of carbonyl (C=O) groups excluding carboxylic acids is 1. The third kappa shape index (κ3) is 3.84. The van der Waals surface area contributed by atoms with Crippen LogP contribution in [0.25, 0.3) is 0 Å². The van der Waals surface area contributed by atoms with Crippen LogP contribution >= 0.6 is 0 Å². The van der Waals surface area contributed by atoms with Crippen LogP contribution < -0.4 is 5.32 Å². The number of piperidine rings is 1. The van der Waals surface area contributed by atoms with E-state index in [0.717, 1.165) is 48.2 Å². The third-order valence-electron chi connectivity index (χ3n) is 4.97. The summed E-state index contributed by atoms with van der Waals surface area (Å²) in [4.78, 5) is 11.5. The number of hydrogen-bond acceptors (Lipinski definition) is 3. The summed E-state index contributed by atoms with van der Waals surface area (Å²) < 4.78 is 54.1. The highest BCUT2D eigenvalue weighted by Crippen LogP contribution is 2.27. The fourth-order valence-corrected chi connectivity index (χ4v) is 5.25. The molecule has 1 atom stereocenters. The predicted octanol–water partition coefficient (Wildman–Crippen LogP) is 2.42. The number of sulfonamides is 1. The molecule has 0 spiro atoms. The lowest BCUT2D eigenvalue weighted by atomic mass is 9.98. The highest BCUT2D eigenvalue weighted by atomic mass is 32.2. The molecule has 1 aromatic rings. The molecule has 2 fully saturated rings. The van der Waals surface area contributed by atoms with Gasteiger partial charge in [0.1, 0.15) is 11.6 Å². The lowest BCUT2D eigenvalue weighted by Crippen LogP contribution is -2.47. The second-order valence-electron chi connectivity index (χ2n) is 6.74. The summed E-state index contributed by atoms with van der Waals surface area (Å²) in [6.45, 7) is 0.109. The Hall–Kier alpha value is -1.54. The quantitative estimate of drug-likeness (QED) is 0.883. The molecular formula is C17H22F2N2O3S. The van der Waals surface area contributed by atoms with Crippen molar-refractivity contribution in [1.29, 1.82) is 0 Å². The smallest absolute Gasteiger partial charge is 0.248 e. The maximum absolute atomic E-state index is 13.9. The molecule has 0 aromatic heterocycles. The van der Waals surface area contributed by atoms with Crippen molar-refractivity contribution < 1.29 is 22.0 Å². The molecule has 1 unspecified atom stereocenters. The van der Waals surface area contributed by atoms with Gasteiger partial charge in [0.25, 0.3) is 0 Å². The van der Waals surface area contributed by atoms with Gasteiger partial charge < -0.3 is 5.32 Å². The van der Waals surface area contributed by atoms with Crippen molar-refractivity contribution in [3.05, 3.63) is 29.8 Å². The molecule has 8 heteroatoms. The maximum Gasteiger partial charge on any atom is 0.248 e. The van der Waals surface area contributed by atoms with Crippen LogP contribution in [0.3, 0.4) is 0 Å². The maximum atomic E-state index is 13.9. The molecule has 2 aliphatic rings. The molecule has 0 radical (unpaired) electrons. The number of amides is 1. The molecule has 1 aliphatic carbocycles. The summed E-state index contributed by atoms with van der Waals surface area (Å²) in [6.07, 6.45) is 5.12. The molecule has 1 amide bonds. The SMILES string of the molecule is O=C(NC1CCCC1)C1CCCN(S(=O)(=O)c2c(F)cccc2F)C1. The highest BCUT2D eigenvalue weighted by Gasteiger charge is 2.36. The molecule has 25 heavy (non-hydrogen) atoms. The number of rotatable bonds is 4. The molecule has 1 N–H and O–H groups in total. The van der Waals surface area contributed by atoms with Crippen molar-refractivity contribution in [2.24, 2.45) is 5.92 Å². The van der Waals surface area contributed by atoms with Crippen LogP contribution in [-0.2, 0) is 14.8 Å². The average Bonchev–Trinajstić information content (AvgIpc) is 3.07. The van der Waals surface area contributed by atoms with Crippen LogP contribution in [0.4, 0.5) is 8.78 Å². The van der Waals surface area contributed by atoms with Gasteiger partial charge >= 0.3 is 0 Å². The second-order valence-corrected chi connectivity index (χ2v) is 8.62. The first kappa shape index (κ1) is 18.3. The lowest BCUT2D eigenvalue weighted by molar-refractivity contribution is -0.126. The largest absolute Gasteiger partial charge is 0.353 e. The molecule has 5 nitrogen and oxygen atoms in total. The molecular weight excluding hydrogens is 350 g/mol. The van der Waals surface area contributed by atoms with Crippen molar-refractivity contribution >= 4 is 15.9 Å². The van der Waals surface area contributed by atoms with Gasteiger partial charge in [-0.25, -0.2) is 17.2 Å². The molecule has 1 aromatic carbocycles. The van der Waals surface area contributed by atoms with Gasteiger partial charge in [0.05, 0.1) is 5.92 Å². The van der Waals surface area contributed by atoms with E-state index in [2.05, 4.69) is 5.32 Å². The van der Waals surface area contributed by atoms with Gasteiger partial charge in [0.2, 0.25) is 15.9 Å². The monoisotopic (exact) mass is 372 g/mol. The van der Waals surface area contributed by atoms with E-state index < -0.39 is 32.5 Å². The summed E-state index contributed by atoms with van der Waals surface area (Å²) in [5, 5.41) is 2.97. The first-order chi connectivity index (χ1) is 11.9. The van der Waals surface area contributed by atoms with Crippen molar-refractivity contribution in [3.8, 4) is 0 Å². The molecule has 1 saturated heterocycles. The number of nitrogens with zero attached hydrogens (tertiary/aromatic N) is 1. The number of halogens is 2. The van der Waals surface area contributed by atoms with Gasteiger partial charge in [-0.05, 0) is 37.8 Å². The minimum Gasteiger partial charge on any atom is -0.353 e. The zero-order chi connectivity index (χ0) is 18.0. The number of carbonyl (C=O) groups is 1. The van der Waals surface area contributed by atoms with Gasteiger partial charge in [-0.3, -0.25) is 4.79 Å². The Balaban J connectivity index is 1.75. The van der Waals surface area contributed by atoms with E-state index >= 15 is 0 Å². The predicted molar refractivity (Wildman–Crippen MR) is 88.2 cm³/mol. The second kappa shape index (κ2) is 7.37. The van der Waals surface area contributed by atoms with Gasteiger partial charge in [-0.2, -0.15) is 4.31 Å². The zero-order valence-corrected chi connectivity index (χ0v) is 14.7. The molecule has 138 valence electrons. The zero-order valence-electron chi connectivity index (χ0n) is 13.9. The summed E-state index contributed by atoms with van der Waals surface area (Å²) in [5.74, 6) is -2.88. The first-order valence-corrected chi connectivity index (χ1v) is 10.1. The van der Waals surface area contributed by atoms with E-state index in [1.54, 1.807) is 0 Å². The molecule has 1 heterocycles. The summed E-state index contributed by atoms with van der Waals surface area (Å²) >= 11 is 0. The molecule has 1 aliphatic heterocycles. The number of benzene rings is 1. The van der Waals surface area contributed by atoms with Gasteiger partial charge in [-0.1, -0.05) is 18.9 Å². The van der Waals surface area contributed by atoms with Crippen LogP contribution in [0.1, 0.15) is 38.5 Å². The fourth-order valence-electron chi connectivity index (χ4n) is 3.62. The van der Waals surface area contributed by atoms with E-state index in [-0.39, 0.29) is 25.0 Å². The third-order valence-corrected chi connectivity index (χ3v) is 6.89. The Morgan fingerprint density at radius 2 is 1.72 bits per heavy atom. The van der Waals surface area contributed by atoms with Crippen molar-refractivity contribution in [2.45, 2.75) is 49.5 Å². The lowest BCUT2D eigenvalue weighted by Gasteiger charge is -2.32. The van der Waals surface area contributed by atoms with E-state index in [0.29, 0.717) is 12.8 Å². The Labute approximate surface area is 146 Å². The van der Waals surface area contributed by atoms with Gasteiger partial charge in [0.15, 0.2) is 4.90 Å². The summed E-state index contributed by atoms with van der Waals surface area (Å²) in [7, 11) is -4.31. The summed E-state index contributed by atoms with van der Waals surface area (Å²) in [6, 6.07) is 3.12. The fraction of sp³-hybridized carbons (Fsp3) is 0.588. The Bertz CT molecular complexity index is 728. The Kier molecular flexibility index (Phi) is 5.38. The molecule has 3 rings (SSSR count). The van der Waals surface area contributed by atoms with Crippen molar-refractivity contribution in [2.75, 3.05) is 13.1 Å². The van der Waals surface area contributed by atoms with Gasteiger partial charge in [-0.15, -0.1) is 0 Å². The van der Waals surface area contributed by atoms with Crippen LogP contribution in [0.15, 0.2) is 23.1 Å². The van der Waals surface area contributed by atoms with E-state index in [1.807, 2.05) is 0 Å². The topological polar surface area (TPSA) is 66.5 Å². The van der Waals surface area contributed by atoms with E-state index in [4.69, 9.17) is 0 Å². The average molecular weight is 372 g/mol. The van der Waals surface area contributed by atoms with E-state index in [9.17, 15) is 22.0 Å². The van der Waals surface area contributed by atoms with Crippen LogP contribution in [0, 0.1) is 17.6 Å². The molecule has 0 bridgehead atoms. The minimum atomic E-state index is -4.31. The Morgan fingerprint density at radius 1 is 1.08 bits per heavy atom. The first-order valence-electron chi connectivity index (χ1n) is 8.64. The molecule has 1 saturated carbocycles. The number of hydrogen-bond donors (Lipinski definition) is 1. The Morgan fingerprint density at radius 3 is 2.36 bits per heavy atom. The standard InChI is InChI=1S/C17H22F2N2O3S/c18-14-8-3-9-15(19)16(14)25(23,24)21-10-4-5-12(11-21)17(22)20-13-6-1-2-7-13/h3,8-9,12-13H,1-2,4-7,10-11H2,(H,20,22). The van der Waals surface area contributed by atoms with Crippen LogP contribution in [-0.4, -0.2) is 37.8 Å². The number of nitrogens with one attached hydrogen (secondary N) is 1. The van der Waals surface area contributed by atoms with Crippen molar-refractivity contribution in [1.82, 2.24) is 9.62 Å². The van der Waals surface area contributed by atoms with Gasteiger partial charge in [0, 0.05) is 19.1 Å². The van der Waals surface area contributed by atoms with Crippen molar-refractivity contribution in [3.63, 3.8) is 0 Å². The van der Waals surface area contributed by atoms with Crippen LogP contribution in [0.2, 0.25) is 0 Å². The normalized spacial score (nSPS) is 22.9. The summed E-state index contributed by atoms with van der Waals surface area (Å²) in [5.41, 5.74) is 0.